The SMILES string of the molecule is CC(C)[C@H](N)C(=O)N[C@@H](CCCCN)C(=O)N[C@@H](C)C(=O)N[C@@H](C)C(=O)N[C@@H](CCCCN)C(=O)O. The second-order valence-corrected chi connectivity index (χ2v) is 9.26. The van der Waals surface area contributed by atoms with Gasteiger partial charge in [-0.1, -0.05) is 13.8 Å². The Morgan fingerprint density at radius 2 is 1.06 bits per heavy atom. The van der Waals surface area contributed by atoms with E-state index in [0.29, 0.717) is 45.2 Å². The molecule has 0 rings (SSSR count). The maximum Gasteiger partial charge on any atom is 0.326 e. The smallest absolute Gasteiger partial charge is 0.326 e. The van der Waals surface area contributed by atoms with Crippen molar-refractivity contribution in [3.63, 3.8) is 0 Å². The fraction of sp³-hybridized carbons (Fsp3) is 0.783. The van der Waals surface area contributed by atoms with Gasteiger partial charge in [0.25, 0.3) is 0 Å². The van der Waals surface area contributed by atoms with Crippen LogP contribution in [-0.2, 0) is 24.0 Å². The Morgan fingerprint density at radius 3 is 1.50 bits per heavy atom. The van der Waals surface area contributed by atoms with E-state index < -0.39 is 59.8 Å². The number of rotatable bonds is 18. The standard InChI is InChI=1S/C23H45N7O6/c1-13(2)18(26)22(34)29-16(9-5-7-11-24)21(33)28-14(3)19(31)27-15(4)20(32)30-17(23(35)36)10-6-8-12-25/h13-18H,5-12,24-26H2,1-4H3,(H,27,31)(H,28,33)(H,29,34)(H,30,32)(H,35,36)/t14-,15-,16-,17-,18-/m0/s1. The number of carboxylic acid groups (broad SMARTS) is 1. The zero-order chi connectivity index (χ0) is 27.8. The summed E-state index contributed by atoms with van der Waals surface area (Å²) >= 11 is 0. The molecule has 0 aromatic heterocycles. The molecule has 0 saturated carbocycles. The summed E-state index contributed by atoms with van der Waals surface area (Å²) in [6.45, 7) is 7.26. The highest BCUT2D eigenvalue weighted by atomic mass is 16.4. The van der Waals surface area contributed by atoms with Crippen LogP contribution in [0.4, 0.5) is 0 Å². The van der Waals surface area contributed by atoms with Gasteiger partial charge in [-0.05, 0) is 71.4 Å². The Labute approximate surface area is 213 Å². The van der Waals surface area contributed by atoms with Gasteiger partial charge in [0.15, 0.2) is 0 Å². The van der Waals surface area contributed by atoms with Crippen LogP contribution < -0.4 is 38.5 Å². The van der Waals surface area contributed by atoms with Gasteiger partial charge in [-0.2, -0.15) is 0 Å². The van der Waals surface area contributed by atoms with E-state index >= 15 is 0 Å². The zero-order valence-corrected chi connectivity index (χ0v) is 21.8. The quantitative estimate of drug-likeness (QED) is 0.0969. The zero-order valence-electron chi connectivity index (χ0n) is 21.8. The van der Waals surface area contributed by atoms with E-state index in [-0.39, 0.29) is 12.3 Å². The summed E-state index contributed by atoms with van der Waals surface area (Å²) in [6, 6.07) is -4.87. The van der Waals surface area contributed by atoms with Crippen LogP contribution in [0.1, 0.15) is 66.2 Å². The molecule has 0 saturated heterocycles. The lowest BCUT2D eigenvalue weighted by atomic mass is 10.0. The van der Waals surface area contributed by atoms with E-state index in [1.807, 2.05) is 0 Å². The Hall–Kier alpha value is -2.77. The summed E-state index contributed by atoms with van der Waals surface area (Å²) in [4.78, 5) is 61.5. The molecule has 13 heteroatoms. The van der Waals surface area contributed by atoms with Crippen molar-refractivity contribution in [1.82, 2.24) is 21.3 Å². The Balaban J connectivity index is 5.02. The van der Waals surface area contributed by atoms with Gasteiger partial charge in [0.05, 0.1) is 6.04 Å². The first-order chi connectivity index (χ1) is 16.8. The van der Waals surface area contributed by atoms with Crippen molar-refractivity contribution < 1.29 is 29.1 Å². The highest BCUT2D eigenvalue weighted by molar-refractivity contribution is 5.95. The predicted octanol–water partition coefficient (Wildman–Crippen LogP) is -1.71. The third kappa shape index (κ3) is 12.8. The fourth-order valence-corrected chi connectivity index (χ4v) is 3.16. The summed E-state index contributed by atoms with van der Waals surface area (Å²) in [7, 11) is 0. The molecule has 0 aromatic carbocycles. The van der Waals surface area contributed by atoms with E-state index in [4.69, 9.17) is 17.2 Å². The highest BCUT2D eigenvalue weighted by Crippen LogP contribution is 2.05. The van der Waals surface area contributed by atoms with Crippen molar-refractivity contribution in [3.05, 3.63) is 0 Å². The lowest BCUT2D eigenvalue weighted by Gasteiger charge is -2.24. The molecule has 208 valence electrons. The summed E-state index contributed by atoms with van der Waals surface area (Å²) in [5.41, 5.74) is 16.8. The number of carboxylic acids is 1. The third-order valence-electron chi connectivity index (χ3n) is 5.67. The van der Waals surface area contributed by atoms with Crippen LogP contribution in [0, 0.1) is 5.92 Å². The van der Waals surface area contributed by atoms with Crippen LogP contribution in [0.15, 0.2) is 0 Å². The number of nitrogens with two attached hydrogens (primary N) is 3. The number of carbonyl (C=O) groups excluding carboxylic acids is 4. The summed E-state index contributed by atoms with van der Waals surface area (Å²) in [5.74, 6) is -3.67. The minimum Gasteiger partial charge on any atom is -0.480 e. The van der Waals surface area contributed by atoms with E-state index in [2.05, 4.69) is 21.3 Å². The van der Waals surface area contributed by atoms with Gasteiger partial charge >= 0.3 is 5.97 Å². The van der Waals surface area contributed by atoms with Gasteiger partial charge < -0.3 is 43.6 Å². The molecule has 36 heavy (non-hydrogen) atoms. The van der Waals surface area contributed by atoms with Gasteiger partial charge in [-0.3, -0.25) is 19.2 Å². The van der Waals surface area contributed by atoms with Gasteiger partial charge in [0, 0.05) is 0 Å². The lowest BCUT2D eigenvalue weighted by Crippen LogP contribution is -2.57. The first-order valence-electron chi connectivity index (χ1n) is 12.5. The van der Waals surface area contributed by atoms with E-state index in [1.54, 1.807) is 13.8 Å². The minimum absolute atomic E-state index is 0.128. The number of amides is 4. The Kier molecular flexibility index (Phi) is 16.3. The van der Waals surface area contributed by atoms with Crippen molar-refractivity contribution >= 4 is 29.6 Å². The molecule has 0 aliphatic heterocycles. The van der Waals surface area contributed by atoms with Crippen LogP contribution in [-0.4, -0.2) is 78.0 Å². The van der Waals surface area contributed by atoms with Crippen molar-refractivity contribution in [2.24, 2.45) is 23.1 Å². The molecule has 0 radical (unpaired) electrons. The molecule has 0 aliphatic rings. The van der Waals surface area contributed by atoms with E-state index in [1.165, 1.54) is 13.8 Å². The van der Waals surface area contributed by atoms with Crippen molar-refractivity contribution in [3.8, 4) is 0 Å². The van der Waals surface area contributed by atoms with Gasteiger partial charge in [-0.25, -0.2) is 4.79 Å². The van der Waals surface area contributed by atoms with Crippen molar-refractivity contribution in [2.45, 2.75) is 96.4 Å². The number of hydrogen-bond donors (Lipinski definition) is 8. The van der Waals surface area contributed by atoms with Crippen LogP contribution >= 0.6 is 0 Å². The molecule has 5 atom stereocenters. The molecule has 4 amide bonds. The molecule has 0 aromatic rings. The summed E-state index contributed by atoms with van der Waals surface area (Å²) in [6.07, 6.45) is 2.92. The van der Waals surface area contributed by atoms with Gasteiger partial charge in [0.2, 0.25) is 23.6 Å². The highest BCUT2D eigenvalue weighted by Gasteiger charge is 2.29. The number of hydrogen-bond acceptors (Lipinski definition) is 8. The molecule has 11 N–H and O–H groups in total. The number of carbonyl (C=O) groups is 5. The van der Waals surface area contributed by atoms with Crippen LogP contribution in [0.2, 0.25) is 0 Å². The molecular formula is C23H45N7O6. The molecule has 0 heterocycles. The largest absolute Gasteiger partial charge is 0.480 e. The Morgan fingerprint density at radius 1 is 0.639 bits per heavy atom. The molecule has 13 nitrogen and oxygen atoms in total. The van der Waals surface area contributed by atoms with E-state index in [9.17, 15) is 29.1 Å². The second kappa shape index (κ2) is 17.6. The molecule has 0 fully saturated rings. The number of aliphatic carboxylic acids is 1. The molecular weight excluding hydrogens is 470 g/mol. The fourth-order valence-electron chi connectivity index (χ4n) is 3.16. The third-order valence-corrected chi connectivity index (χ3v) is 5.67. The minimum atomic E-state index is -1.18. The monoisotopic (exact) mass is 515 g/mol. The van der Waals surface area contributed by atoms with Crippen molar-refractivity contribution in [1.29, 1.82) is 0 Å². The maximum absolute atomic E-state index is 12.8. The van der Waals surface area contributed by atoms with Crippen LogP contribution in [0.3, 0.4) is 0 Å². The first-order valence-corrected chi connectivity index (χ1v) is 12.5. The lowest BCUT2D eigenvalue weighted by molar-refractivity contribution is -0.142. The van der Waals surface area contributed by atoms with Gasteiger partial charge in [-0.15, -0.1) is 0 Å². The summed E-state index contributed by atoms with van der Waals surface area (Å²) < 4.78 is 0. The average molecular weight is 516 g/mol. The first kappa shape index (κ1) is 33.2. The summed E-state index contributed by atoms with van der Waals surface area (Å²) in [5, 5.41) is 19.3. The van der Waals surface area contributed by atoms with Crippen LogP contribution in [0.5, 0.6) is 0 Å². The van der Waals surface area contributed by atoms with Crippen LogP contribution in [0.25, 0.3) is 0 Å². The molecule has 0 unspecified atom stereocenters. The second-order valence-electron chi connectivity index (χ2n) is 9.26. The topological polar surface area (TPSA) is 232 Å². The van der Waals surface area contributed by atoms with E-state index in [0.717, 1.165) is 0 Å². The van der Waals surface area contributed by atoms with Gasteiger partial charge in [0.1, 0.15) is 24.2 Å². The molecule has 0 spiro atoms. The van der Waals surface area contributed by atoms with Crippen molar-refractivity contribution in [2.75, 3.05) is 13.1 Å². The number of unbranched alkanes of at least 4 members (excludes halogenated alkanes) is 2. The number of nitrogens with one attached hydrogen (secondary N) is 4. The molecule has 0 bridgehead atoms. The molecule has 0 aliphatic carbocycles. The average Bonchev–Trinajstić information content (AvgIpc) is 2.81. The normalized spacial score (nSPS) is 15.2. The Bertz CT molecular complexity index is 734. The predicted molar refractivity (Wildman–Crippen MR) is 135 cm³/mol. The maximum atomic E-state index is 12.8.